The zero-order chi connectivity index (χ0) is 14.7. The largest absolute Gasteiger partial charge is 0.504 e. The molecule has 0 fully saturated rings. The van der Waals surface area contributed by atoms with E-state index in [-0.39, 0.29) is 11.3 Å². The van der Waals surface area contributed by atoms with Crippen molar-refractivity contribution in [3.63, 3.8) is 0 Å². The Labute approximate surface area is 118 Å². The third-order valence-corrected chi connectivity index (χ3v) is 3.56. The summed E-state index contributed by atoms with van der Waals surface area (Å²) in [5.74, 6) is 0.262. The Kier molecular flexibility index (Phi) is 4.13. The van der Waals surface area contributed by atoms with Crippen LogP contribution in [0.25, 0.3) is 10.8 Å². The number of methoxy groups -OCH3 is 1. The molecule has 0 aromatic heterocycles. The zero-order valence-electron chi connectivity index (χ0n) is 12.0. The van der Waals surface area contributed by atoms with E-state index >= 15 is 0 Å². The summed E-state index contributed by atoms with van der Waals surface area (Å²) in [5, 5.41) is 12.0. The summed E-state index contributed by atoms with van der Waals surface area (Å²) in [6.07, 6.45) is 0.673. The molecule has 2 rings (SSSR count). The minimum atomic E-state index is -0.0944. The van der Waals surface area contributed by atoms with Gasteiger partial charge in [-0.05, 0) is 19.2 Å². The van der Waals surface area contributed by atoms with Gasteiger partial charge in [-0.3, -0.25) is 4.79 Å². The number of nitrogens with zero attached hydrogens (tertiary/aromatic N) is 1. The van der Waals surface area contributed by atoms with Gasteiger partial charge in [-0.2, -0.15) is 0 Å². The molecule has 0 saturated heterocycles. The average Bonchev–Trinajstić information content (AvgIpc) is 2.48. The number of benzene rings is 2. The van der Waals surface area contributed by atoms with Crippen LogP contribution in [0.2, 0.25) is 0 Å². The van der Waals surface area contributed by atoms with Crippen molar-refractivity contribution in [2.24, 2.45) is 0 Å². The predicted molar refractivity (Wildman–Crippen MR) is 81.1 cm³/mol. The number of carbonyl (C=O) groups excluding carboxylic acids is 1. The molecule has 0 spiro atoms. The summed E-state index contributed by atoms with van der Waals surface area (Å²) >= 11 is 0. The van der Waals surface area contributed by atoms with Crippen LogP contribution in [-0.4, -0.2) is 31.6 Å². The predicted octanol–water partition coefficient (Wildman–Crippen LogP) is 3.21. The molecule has 20 heavy (non-hydrogen) atoms. The van der Waals surface area contributed by atoms with E-state index in [0.717, 1.165) is 29.5 Å². The molecule has 4 nitrogen and oxygen atoms in total. The van der Waals surface area contributed by atoms with Crippen LogP contribution in [0, 0.1) is 0 Å². The lowest BCUT2D eigenvalue weighted by Crippen LogP contribution is -2.23. The molecule has 0 unspecified atom stereocenters. The lowest BCUT2D eigenvalue weighted by molar-refractivity contribution is 0.112. The number of phenols is 1. The van der Waals surface area contributed by atoms with E-state index in [1.807, 2.05) is 38.1 Å². The van der Waals surface area contributed by atoms with Crippen LogP contribution in [0.1, 0.15) is 24.2 Å². The first-order valence-corrected chi connectivity index (χ1v) is 6.71. The molecule has 0 aliphatic carbocycles. The molecule has 1 N–H and O–H groups in total. The third kappa shape index (κ3) is 2.07. The molecule has 0 amide bonds. The monoisotopic (exact) mass is 273 g/mol. The Hall–Kier alpha value is -2.23. The number of fused-ring (bicyclic) bond motifs is 1. The highest BCUT2D eigenvalue weighted by molar-refractivity contribution is 6.09. The summed E-state index contributed by atoms with van der Waals surface area (Å²) < 4.78 is 5.36. The van der Waals surface area contributed by atoms with Crippen LogP contribution in [0.3, 0.4) is 0 Å². The fraction of sp³-hybridized carbons (Fsp3) is 0.312. The van der Waals surface area contributed by atoms with Crippen molar-refractivity contribution >= 4 is 22.7 Å². The quantitative estimate of drug-likeness (QED) is 0.850. The normalized spacial score (nSPS) is 10.6. The van der Waals surface area contributed by atoms with E-state index in [0.29, 0.717) is 12.0 Å². The maximum atomic E-state index is 11.3. The van der Waals surface area contributed by atoms with Crippen molar-refractivity contribution in [2.75, 3.05) is 25.1 Å². The molecule has 2 aromatic carbocycles. The van der Waals surface area contributed by atoms with Crippen LogP contribution < -0.4 is 9.64 Å². The van der Waals surface area contributed by atoms with E-state index in [4.69, 9.17) is 4.74 Å². The molecule has 0 radical (unpaired) electrons. The SMILES string of the molecule is CCN(CC)c1c(OC)c(O)c(C=O)c2ccccc12. The van der Waals surface area contributed by atoms with Gasteiger partial charge in [0.25, 0.3) is 0 Å². The van der Waals surface area contributed by atoms with E-state index in [2.05, 4.69) is 4.90 Å². The van der Waals surface area contributed by atoms with Crippen molar-refractivity contribution in [3.8, 4) is 11.5 Å². The van der Waals surface area contributed by atoms with Gasteiger partial charge < -0.3 is 14.7 Å². The van der Waals surface area contributed by atoms with Gasteiger partial charge in [-0.25, -0.2) is 0 Å². The summed E-state index contributed by atoms with van der Waals surface area (Å²) in [7, 11) is 1.51. The standard InChI is InChI=1S/C16H19NO3/c1-4-17(5-2)14-12-9-7-6-8-11(12)13(10-18)15(19)16(14)20-3/h6-10,19H,4-5H2,1-3H3. The summed E-state index contributed by atoms with van der Waals surface area (Å²) in [6, 6.07) is 7.55. The lowest BCUT2D eigenvalue weighted by atomic mass is 10.0. The molecular formula is C16H19NO3. The Balaban J connectivity index is 2.94. The number of rotatable bonds is 5. The van der Waals surface area contributed by atoms with E-state index in [1.54, 1.807) is 0 Å². The smallest absolute Gasteiger partial charge is 0.185 e. The average molecular weight is 273 g/mol. The van der Waals surface area contributed by atoms with Crippen molar-refractivity contribution in [1.29, 1.82) is 0 Å². The van der Waals surface area contributed by atoms with Gasteiger partial charge in [0, 0.05) is 18.5 Å². The van der Waals surface area contributed by atoms with Gasteiger partial charge in [0.15, 0.2) is 17.8 Å². The fourth-order valence-electron chi connectivity index (χ4n) is 2.58. The van der Waals surface area contributed by atoms with Crippen molar-refractivity contribution < 1.29 is 14.6 Å². The summed E-state index contributed by atoms with van der Waals surface area (Å²) in [6.45, 7) is 5.66. The molecular weight excluding hydrogens is 254 g/mol. The lowest BCUT2D eigenvalue weighted by Gasteiger charge is -2.26. The number of ether oxygens (including phenoxy) is 1. The van der Waals surface area contributed by atoms with Gasteiger partial charge >= 0.3 is 0 Å². The third-order valence-electron chi connectivity index (χ3n) is 3.56. The van der Waals surface area contributed by atoms with E-state index in [9.17, 15) is 9.90 Å². The van der Waals surface area contributed by atoms with Crippen LogP contribution in [0.4, 0.5) is 5.69 Å². The number of aromatic hydroxyl groups is 1. The Morgan fingerprint density at radius 1 is 1.20 bits per heavy atom. The van der Waals surface area contributed by atoms with Gasteiger partial charge in [-0.15, -0.1) is 0 Å². The molecule has 2 aromatic rings. The zero-order valence-corrected chi connectivity index (χ0v) is 12.0. The van der Waals surface area contributed by atoms with E-state index in [1.165, 1.54) is 7.11 Å². The van der Waals surface area contributed by atoms with Crippen molar-refractivity contribution in [2.45, 2.75) is 13.8 Å². The summed E-state index contributed by atoms with van der Waals surface area (Å²) in [5.41, 5.74) is 1.10. The Morgan fingerprint density at radius 2 is 1.80 bits per heavy atom. The summed E-state index contributed by atoms with van der Waals surface area (Å²) in [4.78, 5) is 13.4. The number of phenolic OH excluding ortho intramolecular Hbond substituents is 1. The first-order chi connectivity index (χ1) is 9.69. The Morgan fingerprint density at radius 3 is 2.30 bits per heavy atom. The highest BCUT2D eigenvalue weighted by atomic mass is 16.5. The number of carbonyl (C=O) groups is 1. The first kappa shape index (κ1) is 14.2. The molecule has 4 heteroatoms. The second kappa shape index (κ2) is 5.82. The van der Waals surface area contributed by atoms with Gasteiger partial charge in [-0.1, -0.05) is 24.3 Å². The molecule has 0 heterocycles. The van der Waals surface area contributed by atoms with E-state index < -0.39 is 0 Å². The fourth-order valence-corrected chi connectivity index (χ4v) is 2.58. The molecule has 0 bridgehead atoms. The van der Waals surface area contributed by atoms with Crippen LogP contribution in [0.15, 0.2) is 24.3 Å². The molecule has 0 atom stereocenters. The van der Waals surface area contributed by atoms with Gasteiger partial charge in [0.1, 0.15) is 0 Å². The minimum Gasteiger partial charge on any atom is -0.504 e. The maximum Gasteiger partial charge on any atom is 0.185 e. The number of hydrogen-bond acceptors (Lipinski definition) is 4. The maximum absolute atomic E-state index is 11.3. The number of aldehydes is 1. The second-order valence-corrected chi connectivity index (χ2v) is 4.48. The van der Waals surface area contributed by atoms with Crippen molar-refractivity contribution in [1.82, 2.24) is 0 Å². The van der Waals surface area contributed by atoms with Crippen LogP contribution >= 0.6 is 0 Å². The molecule has 0 aliphatic rings. The highest BCUT2D eigenvalue weighted by Gasteiger charge is 2.22. The number of anilines is 1. The minimum absolute atomic E-state index is 0.0944. The van der Waals surface area contributed by atoms with Crippen molar-refractivity contribution in [3.05, 3.63) is 29.8 Å². The molecule has 0 aliphatic heterocycles. The number of hydrogen-bond donors (Lipinski definition) is 1. The Bertz CT molecular complexity index is 633. The topological polar surface area (TPSA) is 49.8 Å². The molecule has 0 saturated carbocycles. The van der Waals surface area contributed by atoms with Gasteiger partial charge in [0.2, 0.25) is 0 Å². The molecule has 106 valence electrons. The second-order valence-electron chi connectivity index (χ2n) is 4.48. The highest BCUT2D eigenvalue weighted by Crippen LogP contribution is 2.45. The van der Waals surface area contributed by atoms with Crippen LogP contribution in [-0.2, 0) is 0 Å². The van der Waals surface area contributed by atoms with Gasteiger partial charge in [0.05, 0.1) is 18.4 Å². The first-order valence-electron chi connectivity index (χ1n) is 6.71. The van der Waals surface area contributed by atoms with Crippen LogP contribution in [0.5, 0.6) is 11.5 Å².